The van der Waals surface area contributed by atoms with Crippen molar-refractivity contribution in [3.8, 4) is 5.75 Å². The first-order chi connectivity index (χ1) is 7.95. The van der Waals surface area contributed by atoms with E-state index in [1.807, 2.05) is 36.4 Å². The summed E-state index contributed by atoms with van der Waals surface area (Å²) in [4.78, 5) is 13.8. The molecule has 4 heteroatoms. The molecule has 0 heterocycles. The number of hydrogen-bond acceptors (Lipinski definition) is 2. The van der Waals surface area contributed by atoms with Crippen molar-refractivity contribution >= 4 is 28.5 Å². The van der Waals surface area contributed by atoms with Crippen LogP contribution in [0.2, 0.25) is 0 Å². The third kappa shape index (κ3) is 3.73. The van der Waals surface area contributed by atoms with Crippen molar-refractivity contribution in [2.75, 3.05) is 13.1 Å². The van der Waals surface area contributed by atoms with Crippen molar-refractivity contribution in [2.45, 2.75) is 13.8 Å². The molecule has 0 aliphatic carbocycles. The summed E-state index contributed by atoms with van der Waals surface area (Å²) in [6.45, 7) is 8.79. The lowest BCUT2D eigenvalue weighted by atomic mass is 10.1. The van der Waals surface area contributed by atoms with Crippen LogP contribution in [-0.4, -0.2) is 29.0 Å². The van der Waals surface area contributed by atoms with Crippen LogP contribution < -0.4 is 0 Å². The summed E-state index contributed by atoms with van der Waals surface area (Å²) < 4.78 is 0.738. The van der Waals surface area contributed by atoms with Gasteiger partial charge in [-0.1, -0.05) is 12.2 Å². The molecule has 1 aromatic carbocycles. The van der Waals surface area contributed by atoms with Crippen molar-refractivity contribution in [2.24, 2.45) is 0 Å². The molecule has 0 unspecified atom stereocenters. The Kier molecular flexibility index (Phi) is 4.99. The topological polar surface area (TPSA) is 40.5 Å². The number of benzene rings is 1. The summed E-state index contributed by atoms with van der Waals surface area (Å²) in [5.41, 5.74) is 1.45. The van der Waals surface area contributed by atoms with Crippen LogP contribution in [0.15, 0.2) is 30.4 Å². The monoisotopic (exact) mass is 345 g/mol. The quantitative estimate of drug-likeness (QED) is 0.673. The lowest BCUT2D eigenvalue weighted by molar-refractivity contribution is 0.0778. The zero-order valence-electron chi connectivity index (χ0n) is 10.0. The molecule has 0 spiro atoms. The minimum Gasteiger partial charge on any atom is -0.507 e. The van der Waals surface area contributed by atoms with Gasteiger partial charge in [0.05, 0.1) is 3.57 Å². The van der Waals surface area contributed by atoms with Crippen LogP contribution in [0.1, 0.15) is 24.2 Å². The van der Waals surface area contributed by atoms with Gasteiger partial charge >= 0.3 is 0 Å². The van der Waals surface area contributed by atoms with Gasteiger partial charge in [-0.05, 0) is 54.6 Å². The Morgan fingerprint density at radius 1 is 1.53 bits per heavy atom. The molecule has 0 atom stereocenters. The largest absolute Gasteiger partial charge is 0.507 e. The van der Waals surface area contributed by atoms with E-state index in [1.54, 1.807) is 17.0 Å². The van der Waals surface area contributed by atoms with E-state index in [-0.39, 0.29) is 11.7 Å². The van der Waals surface area contributed by atoms with Crippen molar-refractivity contribution < 1.29 is 9.90 Å². The van der Waals surface area contributed by atoms with Crippen LogP contribution in [0.4, 0.5) is 0 Å². The highest BCUT2D eigenvalue weighted by atomic mass is 127. The Morgan fingerprint density at radius 3 is 2.65 bits per heavy atom. The normalized spacial score (nSPS) is 10.1. The molecule has 1 aromatic rings. The summed E-state index contributed by atoms with van der Waals surface area (Å²) in [5, 5.41) is 9.59. The average molecular weight is 345 g/mol. The number of amides is 1. The number of nitrogens with zero attached hydrogens (tertiary/aromatic N) is 1. The molecule has 0 aliphatic rings. The highest BCUT2D eigenvalue weighted by Gasteiger charge is 2.15. The molecule has 0 bridgehead atoms. The second kappa shape index (κ2) is 6.05. The first kappa shape index (κ1) is 14.0. The van der Waals surface area contributed by atoms with E-state index in [1.165, 1.54) is 6.07 Å². The molecule has 92 valence electrons. The van der Waals surface area contributed by atoms with Gasteiger partial charge in [-0.25, -0.2) is 0 Å². The van der Waals surface area contributed by atoms with Crippen molar-refractivity contribution in [1.82, 2.24) is 4.90 Å². The van der Waals surface area contributed by atoms with Crippen LogP contribution in [0.5, 0.6) is 5.75 Å². The molecule has 0 aromatic heterocycles. The summed E-state index contributed by atoms with van der Waals surface area (Å²) in [6, 6.07) is 4.97. The van der Waals surface area contributed by atoms with Gasteiger partial charge in [-0.3, -0.25) is 4.79 Å². The van der Waals surface area contributed by atoms with Crippen molar-refractivity contribution in [3.05, 3.63) is 39.5 Å². The van der Waals surface area contributed by atoms with E-state index in [9.17, 15) is 9.90 Å². The molecule has 0 radical (unpaired) electrons. The number of carbonyl (C=O) groups excluding carboxylic acids is 1. The predicted molar refractivity (Wildman–Crippen MR) is 77.2 cm³/mol. The molecular formula is C13H16INO2. The van der Waals surface area contributed by atoms with E-state index >= 15 is 0 Å². The van der Waals surface area contributed by atoms with E-state index in [0.29, 0.717) is 18.7 Å². The van der Waals surface area contributed by atoms with Gasteiger partial charge in [0.15, 0.2) is 0 Å². The first-order valence-corrected chi connectivity index (χ1v) is 6.45. The number of phenolic OH excluding ortho intramolecular Hbond substituents is 1. The zero-order valence-corrected chi connectivity index (χ0v) is 12.2. The van der Waals surface area contributed by atoms with Crippen LogP contribution in [0.25, 0.3) is 0 Å². The molecular weight excluding hydrogens is 329 g/mol. The maximum Gasteiger partial charge on any atom is 0.254 e. The number of likely N-dealkylation sites (N-methyl/N-ethyl adjacent to an activating group) is 1. The highest BCUT2D eigenvalue weighted by Crippen LogP contribution is 2.21. The highest BCUT2D eigenvalue weighted by molar-refractivity contribution is 14.1. The van der Waals surface area contributed by atoms with Gasteiger partial charge < -0.3 is 10.0 Å². The molecule has 0 fully saturated rings. The number of halogens is 1. The Labute approximate surface area is 115 Å². The number of aromatic hydroxyl groups is 1. The zero-order chi connectivity index (χ0) is 13.0. The summed E-state index contributed by atoms with van der Waals surface area (Å²) in [6.07, 6.45) is 0. The van der Waals surface area contributed by atoms with Crippen LogP contribution in [-0.2, 0) is 0 Å². The van der Waals surface area contributed by atoms with Crippen LogP contribution in [0, 0.1) is 3.57 Å². The minimum atomic E-state index is -0.0813. The molecule has 0 saturated heterocycles. The van der Waals surface area contributed by atoms with Gasteiger partial charge in [-0.2, -0.15) is 0 Å². The SMILES string of the molecule is C=C(C)CN(CC)C(=O)c1ccc(I)c(O)c1. The van der Waals surface area contributed by atoms with E-state index < -0.39 is 0 Å². The standard InChI is InChI=1S/C13H16INO2/c1-4-15(8-9(2)3)13(17)10-5-6-11(14)12(16)7-10/h5-7,16H,2,4,8H2,1,3H3. The maximum absolute atomic E-state index is 12.1. The van der Waals surface area contributed by atoms with Crippen LogP contribution >= 0.6 is 22.6 Å². The van der Waals surface area contributed by atoms with Crippen molar-refractivity contribution in [1.29, 1.82) is 0 Å². The Hall–Kier alpha value is -1.04. The number of rotatable bonds is 4. The molecule has 1 amide bonds. The van der Waals surface area contributed by atoms with Gasteiger partial charge in [0.25, 0.3) is 5.91 Å². The molecule has 0 aliphatic heterocycles. The lowest BCUT2D eigenvalue weighted by Gasteiger charge is -2.21. The fraction of sp³-hybridized carbons (Fsp3) is 0.308. The Balaban J connectivity index is 2.93. The smallest absolute Gasteiger partial charge is 0.254 e. The summed E-state index contributed by atoms with van der Waals surface area (Å²) in [5.74, 6) is 0.0602. The van der Waals surface area contributed by atoms with Gasteiger partial charge in [0.2, 0.25) is 0 Å². The Morgan fingerprint density at radius 2 is 2.18 bits per heavy atom. The van der Waals surface area contributed by atoms with Crippen LogP contribution in [0.3, 0.4) is 0 Å². The molecule has 1 rings (SSSR count). The maximum atomic E-state index is 12.1. The third-order valence-corrected chi connectivity index (χ3v) is 3.24. The summed E-state index contributed by atoms with van der Waals surface area (Å²) >= 11 is 2.02. The van der Waals surface area contributed by atoms with E-state index in [0.717, 1.165) is 9.14 Å². The predicted octanol–water partition coefficient (Wildman–Crippen LogP) is 3.04. The summed E-state index contributed by atoms with van der Waals surface area (Å²) in [7, 11) is 0. The van der Waals surface area contributed by atoms with Gasteiger partial charge in [-0.15, -0.1) is 0 Å². The molecule has 1 N–H and O–H groups in total. The second-order valence-corrected chi connectivity index (χ2v) is 5.10. The third-order valence-electron chi connectivity index (χ3n) is 2.32. The van der Waals surface area contributed by atoms with Crippen molar-refractivity contribution in [3.63, 3.8) is 0 Å². The van der Waals surface area contributed by atoms with Gasteiger partial charge in [0.1, 0.15) is 5.75 Å². The first-order valence-electron chi connectivity index (χ1n) is 5.38. The second-order valence-electron chi connectivity index (χ2n) is 3.94. The van der Waals surface area contributed by atoms with Gasteiger partial charge in [0, 0.05) is 18.7 Å². The fourth-order valence-electron chi connectivity index (χ4n) is 1.48. The number of hydrogen-bond donors (Lipinski definition) is 1. The average Bonchev–Trinajstić information content (AvgIpc) is 2.28. The fourth-order valence-corrected chi connectivity index (χ4v) is 1.82. The van der Waals surface area contributed by atoms with E-state index in [4.69, 9.17) is 0 Å². The molecule has 0 saturated carbocycles. The molecule has 3 nitrogen and oxygen atoms in total. The number of phenols is 1. The Bertz CT molecular complexity index is 443. The lowest BCUT2D eigenvalue weighted by Crippen LogP contribution is -2.32. The minimum absolute atomic E-state index is 0.0813. The van der Waals surface area contributed by atoms with E-state index in [2.05, 4.69) is 6.58 Å². The molecule has 17 heavy (non-hydrogen) atoms. The number of carbonyl (C=O) groups is 1.